The summed E-state index contributed by atoms with van der Waals surface area (Å²) >= 11 is 0. The van der Waals surface area contributed by atoms with Crippen LogP contribution in [0.3, 0.4) is 0 Å². The summed E-state index contributed by atoms with van der Waals surface area (Å²) in [4.78, 5) is 29.6. The summed E-state index contributed by atoms with van der Waals surface area (Å²) in [5.74, 6) is 0.101. The maximum atomic E-state index is 13.2. The van der Waals surface area contributed by atoms with Crippen molar-refractivity contribution in [2.45, 2.75) is 58.5 Å². The van der Waals surface area contributed by atoms with Crippen LogP contribution in [0.25, 0.3) is 0 Å². The topological polar surface area (TPSA) is 75.9 Å². The number of hydrogen-bond acceptors (Lipinski definition) is 4. The summed E-state index contributed by atoms with van der Waals surface area (Å²) in [5.41, 5.74) is 7.01. The van der Waals surface area contributed by atoms with Gasteiger partial charge in [-0.15, -0.1) is 0 Å². The number of piperidine rings is 1. The Morgan fingerprint density at radius 3 is 2.55 bits per heavy atom. The number of hydrogen-bond donors (Lipinski definition) is 1. The highest BCUT2D eigenvalue weighted by Crippen LogP contribution is 2.40. The van der Waals surface area contributed by atoms with E-state index >= 15 is 0 Å². The van der Waals surface area contributed by atoms with Crippen LogP contribution in [0.4, 0.5) is 4.79 Å². The molecule has 2 aliphatic heterocycles. The molecule has 2 N–H and O–H groups in total. The van der Waals surface area contributed by atoms with Crippen LogP contribution in [0.1, 0.15) is 62.4 Å². The van der Waals surface area contributed by atoms with Gasteiger partial charge in [-0.2, -0.15) is 0 Å². The van der Waals surface area contributed by atoms with E-state index in [2.05, 4.69) is 0 Å². The zero-order valence-electron chi connectivity index (χ0n) is 18.1. The zero-order chi connectivity index (χ0) is 21.1. The standard InChI is InChI=1S/C23H35N3O3/c1-22(2,3)29-21(28)26-14-7-11-23(17-26)12-15-25(16-23)20(27)19-10-5-4-8-18(19)9-6-13-24/h4-5,8,10H,6-7,9,11-17,24H2,1-3H3. The number of carbonyl (C=O) groups is 2. The van der Waals surface area contributed by atoms with Gasteiger partial charge < -0.3 is 20.3 Å². The second-order valence-electron chi connectivity index (χ2n) is 9.53. The van der Waals surface area contributed by atoms with Gasteiger partial charge >= 0.3 is 6.09 Å². The molecule has 0 saturated carbocycles. The number of amides is 2. The number of carbonyl (C=O) groups excluding carboxylic acids is 2. The molecule has 2 fully saturated rings. The van der Waals surface area contributed by atoms with Crippen LogP contribution in [-0.4, -0.2) is 60.1 Å². The maximum absolute atomic E-state index is 13.2. The van der Waals surface area contributed by atoms with E-state index in [1.807, 2.05) is 54.8 Å². The lowest BCUT2D eigenvalue weighted by molar-refractivity contribution is 0.00566. The van der Waals surface area contributed by atoms with Crippen molar-refractivity contribution in [2.75, 3.05) is 32.7 Å². The van der Waals surface area contributed by atoms with E-state index in [1.165, 1.54) is 0 Å². The van der Waals surface area contributed by atoms with Gasteiger partial charge in [0.25, 0.3) is 5.91 Å². The number of ether oxygens (including phenoxy) is 1. The van der Waals surface area contributed by atoms with Crippen LogP contribution < -0.4 is 5.73 Å². The van der Waals surface area contributed by atoms with Gasteiger partial charge in [0.2, 0.25) is 0 Å². The van der Waals surface area contributed by atoms with Crippen molar-refractivity contribution in [1.82, 2.24) is 9.80 Å². The Bertz CT molecular complexity index is 743. The lowest BCUT2D eigenvalue weighted by atomic mass is 9.79. The second kappa shape index (κ2) is 8.74. The quantitative estimate of drug-likeness (QED) is 0.838. The molecule has 1 spiro atoms. The molecule has 1 aromatic carbocycles. The fourth-order valence-corrected chi connectivity index (χ4v) is 4.54. The molecular formula is C23H35N3O3. The molecule has 0 aliphatic carbocycles. The van der Waals surface area contributed by atoms with Crippen molar-refractivity contribution in [2.24, 2.45) is 11.1 Å². The number of aryl methyl sites for hydroxylation is 1. The van der Waals surface area contributed by atoms with Crippen LogP contribution in [0.15, 0.2) is 24.3 Å². The van der Waals surface area contributed by atoms with Crippen molar-refractivity contribution in [3.63, 3.8) is 0 Å². The molecule has 3 rings (SSSR count). The molecule has 1 atom stereocenters. The zero-order valence-corrected chi connectivity index (χ0v) is 18.1. The average Bonchev–Trinajstić information content (AvgIpc) is 3.08. The molecule has 2 heterocycles. The summed E-state index contributed by atoms with van der Waals surface area (Å²) < 4.78 is 5.57. The Morgan fingerprint density at radius 2 is 1.83 bits per heavy atom. The van der Waals surface area contributed by atoms with Crippen LogP contribution in [0, 0.1) is 5.41 Å². The highest BCUT2D eigenvalue weighted by molar-refractivity contribution is 5.96. The molecule has 6 nitrogen and oxygen atoms in total. The summed E-state index contributed by atoms with van der Waals surface area (Å²) in [6.45, 7) is 9.14. The van der Waals surface area contributed by atoms with E-state index in [-0.39, 0.29) is 17.4 Å². The van der Waals surface area contributed by atoms with Crippen LogP contribution in [0.2, 0.25) is 0 Å². The Hall–Kier alpha value is -2.08. The summed E-state index contributed by atoms with van der Waals surface area (Å²) in [5, 5.41) is 0. The summed E-state index contributed by atoms with van der Waals surface area (Å²) in [7, 11) is 0. The third-order valence-corrected chi connectivity index (χ3v) is 5.94. The first-order chi connectivity index (χ1) is 13.7. The third kappa shape index (κ3) is 5.30. The molecule has 2 aliphatic rings. The monoisotopic (exact) mass is 401 g/mol. The van der Waals surface area contributed by atoms with Crippen molar-refractivity contribution < 1.29 is 14.3 Å². The number of likely N-dealkylation sites (tertiary alicyclic amines) is 2. The van der Waals surface area contributed by atoms with Gasteiger partial charge in [0.15, 0.2) is 0 Å². The molecule has 0 radical (unpaired) electrons. The molecule has 1 aromatic rings. The van der Waals surface area contributed by atoms with Crippen LogP contribution >= 0.6 is 0 Å². The summed E-state index contributed by atoms with van der Waals surface area (Å²) in [6.07, 6.45) is 4.39. The molecule has 29 heavy (non-hydrogen) atoms. The Kier molecular flexibility index (Phi) is 6.52. The van der Waals surface area contributed by atoms with Crippen molar-refractivity contribution in [1.29, 1.82) is 0 Å². The minimum absolute atomic E-state index is 0.0168. The fraction of sp³-hybridized carbons (Fsp3) is 0.652. The summed E-state index contributed by atoms with van der Waals surface area (Å²) in [6, 6.07) is 7.86. The van der Waals surface area contributed by atoms with Gasteiger partial charge in [-0.1, -0.05) is 18.2 Å². The Morgan fingerprint density at radius 1 is 1.10 bits per heavy atom. The first kappa shape index (κ1) is 21.6. The smallest absolute Gasteiger partial charge is 0.410 e. The van der Waals surface area contributed by atoms with E-state index < -0.39 is 5.60 Å². The second-order valence-corrected chi connectivity index (χ2v) is 9.53. The van der Waals surface area contributed by atoms with Gasteiger partial charge in [0.1, 0.15) is 5.60 Å². The van der Waals surface area contributed by atoms with Gasteiger partial charge in [-0.25, -0.2) is 4.79 Å². The molecule has 2 amide bonds. The Labute approximate surface area is 174 Å². The van der Waals surface area contributed by atoms with Gasteiger partial charge in [0.05, 0.1) is 0 Å². The maximum Gasteiger partial charge on any atom is 0.410 e. The molecule has 6 heteroatoms. The highest BCUT2D eigenvalue weighted by atomic mass is 16.6. The van der Waals surface area contributed by atoms with E-state index in [0.29, 0.717) is 19.6 Å². The minimum Gasteiger partial charge on any atom is -0.444 e. The first-order valence-corrected chi connectivity index (χ1v) is 10.8. The fourth-order valence-electron chi connectivity index (χ4n) is 4.54. The van der Waals surface area contributed by atoms with Gasteiger partial charge in [0, 0.05) is 37.2 Å². The van der Waals surface area contributed by atoms with E-state index in [4.69, 9.17) is 10.5 Å². The molecular weight excluding hydrogens is 366 g/mol. The predicted molar refractivity (Wildman–Crippen MR) is 114 cm³/mol. The van der Waals surface area contributed by atoms with Gasteiger partial charge in [-0.05, 0) is 71.0 Å². The van der Waals surface area contributed by atoms with Crippen LogP contribution in [0.5, 0.6) is 0 Å². The highest BCUT2D eigenvalue weighted by Gasteiger charge is 2.44. The number of rotatable bonds is 4. The largest absolute Gasteiger partial charge is 0.444 e. The van der Waals surface area contributed by atoms with E-state index in [0.717, 1.165) is 56.3 Å². The Balaban J connectivity index is 1.68. The molecule has 160 valence electrons. The lowest BCUT2D eigenvalue weighted by Crippen LogP contribution is -2.49. The van der Waals surface area contributed by atoms with E-state index in [1.54, 1.807) is 0 Å². The third-order valence-electron chi connectivity index (χ3n) is 5.94. The predicted octanol–water partition coefficient (Wildman–Crippen LogP) is 3.44. The number of nitrogens with zero attached hydrogens (tertiary/aromatic N) is 2. The van der Waals surface area contributed by atoms with Crippen molar-refractivity contribution >= 4 is 12.0 Å². The molecule has 0 aromatic heterocycles. The first-order valence-electron chi connectivity index (χ1n) is 10.8. The lowest BCUT2D eigenvalue weighted by Gasteiger charge is -2.40. The normalized spacial score (nSPS) is 22.2. The van der Waals surface area contributed by atoms with Gasteiger partial charge in [-0.3, -0.25) is 4.79 Å². The number of benzene rings is 1. The molecule has 0 bridgehead atoms. The SMILES string of the molecule is CC(C)(C)OC(=O)N1CCCC2(CCN(C(=O)c3ccccc3CCCN)C2)C1. The average molecular weight is 402 g/mol. The van der Waals surface area contributed by atoms with Crippen molar-refractivity contribution in [3.8, 4) is 0 Å². The van der Waals surface area contributed by atoms with Crippen molar-refractivity contribution in [3.05, 3.63) is 35.4 Å². The van der Waals surface area contributed by atoms with E-state index in [9.17, 15) is 9.59 Å². The van der Waals surface area contributed by atoms with Crippen LogP contribution in [-0.2, 0) is 11.2 Å². The molecule has 1 unspecified atom stereocenters. The minimum atomic E-state index is -0.493. The number of nitrogens with two attached hydrogens (primary N) is 1. The molecule has 2 saturated heterocycles.